The predicted octanol–water partition coefficient (Wildman–Crippen LogP) is 2.37. The third-order valence-electron chi connectivity index (χ3n) is 7.23. The highest BCUT2D eigenvalue weighted by atomic mass is 16.5. The molecular formula is C20H25NO3. The molecule has 5 rings (SSSR count). The van der Waals surface area contributed by atoms with Crippen LogP contribution in [-0.4, -0.2) is 45.9 Å². The number of phenolic OH excluding ortho intramolecular Hbond substituents is 1. The molecule has 4 aliphatic rings. The van der Waals surface area contributed by atoms with Gasteiger partial charge in [0.25, 0.3) is 0 Å². The maximum Gasteiger partial charge on any atom is 0.165 e. The Bertz CT molecular complexity index is 732. The summed E-state index contributed by atoms with van der Waals surface area (Å²) in [7, 11) is 0. The molecule has 128 valence electrons. The van der Waals surface area contributed by atoms with Gasteiger partial charge in [0.05, 0.1) is 11.0 Å². The van der Waals surface area contributed by atoms with Crippen LogP contribution in [0.2, 0.25) is 0 Å². The van der Waals surface area contributed by atoms with Crippen LogP contribution in [0.25, 0.3) is 0 Å². The second kappa shape index (κ2) is 4.55. The molecule has 4 nitrogen and oxygen atoms in total. The number of likely N-dealkylation sites (tertiary alicyclic amines) is 1. The first-order valence-electron chi connectivity index (χ1n) is 9.12. The largest absolute Gasteiger partial charge is 0.504 e. The number of rotatable bonds is 2. The van der Waals surface area contributed by atoms with Crippen LogP contribution in [0.5, 0.6) is 11.5 Å². The van der Waals surface area contributed by atoms with E-state index in [0.29, 0.717) is 11.7 Å². The average molecular weight is 327 g/mol. The summed E-state index contributed by atoms with van der Waals surface area (Å²) < 4.78 is 6.33. The van der Waals surface area contributed by atoms with E-state index in [-0.39, 0.29) is 23.3 Å². The van der Waals surface area contributed by atoms with Crippen LogP contribution >= 0.6 is 0 Å². The molecule has 2 aliphatic carbocycles. The van der Waals surface area contributed by atoms with Crippen LogP contribution in [0.15, 0.2) is 24.8 Å². The van der Waals surface area contributed by atoms with Crippen LogP contribution in [0.4, 0.5) is 0 Å². The SMILES string of the molecule is C=CCN1CC[C@]23c4c5ccc(O)c4O[C@H]2C(C)CC[C@@]3(O)C1C5. The quantitative estimate of drug-likeness (QED) is 0.819. The molecule has 1 aromatic carbocycles. The zero-order chi connectivity index (χ0) is 16.7. The van der Waals surface area contributed by atoms with Crippen LogP contribution in [0.3, 0.4) is 0 Å². The van der Waals surface area contributed by atoms with Gasteiger partial charge in [-0.05, 0) is 49.8 Å². The second-order valence-electron chi connectivity index (χ2n) is 8.15. The Morgan fingerprint density at radius 2 is 2.25 bits per heavy atom. The van der Waals surface area contributed by atoms with Gasteiger partial charge in [0, 0.05) is 18.2 Å². The van der Waals surface area contributed by atoms with Crippen molar-refractivity contribution in [2.45, 2.75) is 55.8 Å². The van der Waals surface area contributed by atoms with Crippen molar-refractivity contribution in [3.05, 3.63) is 35.9 Å². The molecule has 2 unspecified atom stereocenters. The molecule has 1 saturated carbocycles. The van der Waals surface area contributed by atoms with E-state index in [4.69, 9.17) is 4.74 Å². The summed E-state index contributed by atoms with van der Waals surface area (Å²) in [4.78, 5) is 2.39. The van der Waals surface area contributed by atoms with Gasteiger partial charge in [-0.1, -0.05) is 19.1 Å². The molecule has 0 aromatic heterocycles. The number of phenols is 1. The molecule has 2 heterocycles. The Balaban J connectivity index is 1.78. The lowest BCUT2D eigenvalue weighted by Crippen LogP contribution is -2.76. The third-order valence-corrected chi connectivity index (χ3v) is 7.23. The first-order chi connectivity index (χ1) is 11.5. The number of hydrogen-bond acceptors (Lipinski definition) is 4. The molecule has 2 aliphatic heterocycles. The van der Waals surface area contributed by atoms with E-state index in [2.05, 4.69) is 18.4 Å². The first kappa shape index (κ1) is 14.8. The molecule has 2 N–H and O–H groups in total. The highest BCUT2D eigenvalue weighted by molar-refractivity contribution is 5.62. The van der Waals surface area contributed by atoms with Gasteiger partial charge in [-0.15, -0.1) is 6.58 Å². The number of benzene rings is 1. The molecular weight excluding hydrogens is 302 g/mol. The fraction of sp³-hybridized carbons (Fsp3) is 0.600. The molecule has 1 aromatic rings. The van der Waals surface area contributed by atoms with E-state index in [0.717, 1.165) is 44.3 Å². The standard InChI is InChI=1S/C20H25NO3/c1-3-9-21-10-8-19-16-13-4-5-14(22)17(16)24-18(19)12(2)6-7-20(19,23)15(21)11-13/h3-5,12,15,18,22-23H,1,6-11H2,2H3/t12?,15?,18-,19-,20+/m0/s1. The molecule has 1 spiro atoms. The molecule has 24 heavy (non-hydrogen) atoms. The highest BCUT2D eigenvalue weighted by Crippen LogP contribution is 2.66. The topological polar surface area (TPSA) is 52.9 Å². The molecule has 1 saturated heterocycles. The third kappa shape index (κ3) is 1.44. The van der Waals surface area contributed by atoms with Crippen molar-refractivity contribution in [2.75, 3.05) is 13.1 Å². The summed E-state index contributed by atoms with van der Waals surface area (Å²) in [5.74, 6) is 1.24. The van der Waals surface area contributed by atoms with Crippen molar-refractivity contribution in [1.82, 2.24) is 4.90 Å². The van der Waals surface area contributed by atoms with Crippen LogP contribution in [0, 0.1) is 5.92 Å². The van der Waals surface area contributed by atoms with Crippen molar-refractivity contribution in [3.63, 3.8) is 0 Å². The predicted molar refractivity (Wildman–Crippen MR) is 91.4 cm³/mol. The van der Waals surface area contributed by atoms with Crippen LogP contribution in [-0.2, 0) is 11.8 Å². The van der Waals surface area contributed by atoms with Gasteiger partial charge in [0.2, 0.25) is 0 Å². The first-order valence-corrected chi connectivity index (χ1v) is 9.12. The van der Waals surface area contributed by atoms with E-state index in [9.17, 15) is 10.2 Å². The lowest BCUT2D eigenvalue weighted by Gasteiger charge is -2.64. The molecule has 0 amide bonds. The monoisotopic (exact) mass is 327 g/mol. The molecule has 2 bridgehead atoms. The number of hydrogen-bond donors (Lipinski definition) is 2. The Kier molecular flexibility index (Phi) is 2.81. The molecule has 4 heteroatoms. The minimum absolute atomic E-state index is 0.0352. The van der Waals surface area contributed by atoms with Gasteiger partial charge in [0.1, 0.15) is 6.10 Å². The average Bonchev–Trinajstić information content (AvgIpc) is 2.91. The Hall–Kier alpha value is -1.52. The minimum atomic E-state index is -0.780. The maximum atomic E-state index is 12.0. The smallest absolute Gasteiger partial charge is 0.165 e. The van der Waals surface area contributed by atoms with Crippen molar-refractivity contribution >= 4 is 0 Å². The Morgan fingerprint density at radius 3 is 3.04 bits per heavy atom. The fourth-order valence-corrected chi connectivity index (χ4v) is 6.26. The van der Waals surface area contributed by atoms with Gasteiger partial charge in [0.15, 0.2) is 11.5 Å². The highest BCUT2D eigenvalue weighted by Gasteiger charge is 2.72. The summed E-state index contributed by atoms with van der Waals surface area (Å²) in [5.41, 5.74) is 1.20. The van der Waals surface area contributed by atoms with Crippen molar-refractivity contribution in [2.24, 2.45) is 5.92 Å². The van der Waals surface area contributed by atoms with Crippen molar-refractivity contribution in [3.8, 4) is 11.5 Å². The van der Waals surface area contributed by atoms with Gasteiger partial charge in [-0.2, -0.15) is 0 Å². The zero-order valence-electron chi connectivity index (χ0n) is 14.2. The van der Waals surface area contributed by atoms with Crippen LogP contribution < -0.4 is 4.74 Å². The molecule has 2 fully saturated rings. The van der Waals surface area contributed by atoms with Gasteiger partial charge in [-0.3, -0.25) is 4.90 Å². The van der Waals surface area contributed by atoms with Crippen molar-refractivity contribution in [1.29, 1.82) is 0 Å². The summed E-state index contributed by atoms with van der Waals surface area (Å²) in [6, 6.07) is 3.89. The summed E-state index contributed by atoms with van der Waals surface area (Å²) in [6.07, 6.45) is 5.37. The van der Waals surface area contributed by atoms with E-state index in [1.54, 1.807) is 6.07 Å². The van der Waals surface area contributed by atoms with E-state index in [1.165, 1.54) is 5.56 Å². The lowest BCUT2D eigenvalue weighted by atomic mass is 9.47. The summed E-state index contributed by atoms with van der Waals surface area (Å²) >= 11 is 0. The van der Waals surface area contributed by atoms with E-state index in [1.807, 2.05) is 12.1 Å². The van der Waals surface area contributed by atoms with Crippen LogP contribution in [0.1, 0.15) is 37.3 Å². The minimum Gasteiger partial charge on any atom is -0.504 e. The number of aromatic hydroxyl groups is 1. The van der Waals surface area contributed by atoms with Gasteiger partial charge < -0.3 is 14.9 Å². The van der Waals surface area contributed by atoms with Gasteiger partial charge in [-0.25, -0.2) is 0 Å². The van der Waals surface area contributed by atoms with E-state index >= 15 is 0 Å². The van der Waals surface area contributed by atoms with E-state index < -0.39 is 5.60 Å². The number of nitrogens with zero attached hydrogens (tertiary/aromatic N) is 1. The molecule has 5 atom stereocenters. The Labute approximate surface area is 142 Å². The second-order valence-corrected chi connectivity index (χ2v) is 8.15. The Morgan fingerprint density at radius 1 is 1.42 bits per heavy atom. The number of piperidine rings is 1. The van der Waals surface area contributed by atoms with Crippen molar-refractivity contribution < 1.29 is 14.9 Å². The number of ether oxygens (including phenoxy) is 1. The summed E-state index contributed by atoms with van der Waals surface area (Å²) in [6.45, 7) is 7.88. The number of aliphatic hydroxyl groups is 1. The normalized spacial score (nSPS) is 42.3. The fourth-order valence-electron chi connectivity index (χ4n) is 6.26. The lowest BCUT2D eigenvalue weighted by molar-refractivity contribution is -0.194. The van der Waals surface area contributed by atoms with Gasteiger partial charge >= 0.3 is 0 Å². The molecule has 0 radical (unpaired) electrons. The maximum absolute atomic E-state index is 12.0. The zero-order valence-corrected chi connectivity index (χ0v) is 14.2. The summed E-state index contributed by atoms with van der Waals surface area (Å²) in [5, 5.41) is 22.4.